The van der Waals surface area contributed by atoms with Crippen LogP contribution in [0.15, 0.2) is 29.3 Å². The fourth-order valence-electron chi connectivity index (χ4n) is 3.84. The minimum Gasteiger partial charge on any atom is -0.381 e. The van der Waals surface area contributed by atoms with Crippen molar-refractivity contribution in [3.8, 4) is 0 Å². The first-order chi connectivity index (χ1) is 12.1. The Morgan fingerprint density at radius 2 is 2.12 bits per heavy atom. The van der Waals surface area contributed by atoms with Crippen LogP contribution in [0.1, 0.15) is 38.2 Å². The first kappa shape index (κ1) is 18.2. The first-order valence-electron chi connectivity index (χ1n) is 9.46. The number of guanidine groups is 1. The highest BCUT2D eigenvalue weighted by molar-refractivity contribution is 5.79. The third-order valence-corrected chi connectivity index (χ3v) is 5.55. The molecule has 1 saturated heterocycles. The van der Waals surface area contributed by atoms with Crippen LogP contribution in [0.2, 0.25) is 0 Å². The molecule has 1 aromatic rings. The van der Waals surface area contributed by atoms with Gasteiger partial charge in [0.25, 0.3) is 0 Å². The number of benzene rings is 1. The third-order valence-electron chi connectivity index (χ3n) is 5.55. The van der Waals surface area contributed by atoms with Gasteiger partial charge in [-0.3, -0.25) is 4.99 Å². The van der Waals surface area contributed by atoms with E-state index >= 15 is 0 Å². The molecule has 3 rings (SSSR count). The molecule has 1 unspecified atom stereocenters. The minimum absolute atomic E-state index is 0.0751. The molecule has 1 saturated carbocycles. The van der Waals surface area contributed by atoms with E-state index in [1.165, 1.54) is 12.0 Å². The lowest BCUT2D eigenvalue weighted by atomic mass is 9.64. The molecule has 0 aromatic heterocycles. The number of hydrogen-bond acceptors (Lipinski definition) is 2. The lowest BCUT2D eigenvalue weighted by Gasteiger charge is -2.41. The number of nitrogens with one attached hydrogen (secondary N) is 1. The molecule has 1 aliphatic heterocycles. The van der Waals surface area contributed by atoms with Crippen molar-refractivity contribution >= 4 is 5.96 Å². The van der Waals surface area contributed by atoms with Gasteiger partial charge in [-0.2, -0.15) is 0 Å². The van der Waals surface area contributed by atoms with Gasteiger partial charge in [-0.25, -0.2) is 4.39 Å². The number of aliphatic imine (C=N–C) groups is 1. The molecule has 0 spiro atoms. The van der Waals surface area contributed by atoms with Crippen molar-refractivity contribution in [1.29, 1.82) is 0 Å². The molecule has 2 aliphatic rings. The van der Waals surface area contributed by atoms with Crippen LogP contribution < -0.4 is 5.32 Å². The predicted octanol–water partition coefficient (Wildman–Crippen LogP) is 3.18. The highest BCUT2D eigenvalue weighted by atomic mass is 19.1. The van der Waals surface area contributed by atoms with Gasteiger partial charge >= 0.3 is 0 Å². The van der Waals surface area contributed by atoms with Crippen LogP contribution in [0.25, 0.3) is 0 Å². The van der Waals surface area contributed by atoms with Crippen LogP contribution in [-0.4, -0.2) is 50.8 Å². The monoisotopic (exact) mass is 347 g/mol. The van der Waals surface area contributed by atoms with Crippen molar-refractivity contribution in [2.24, 2.45) is 10.9 Å². The molecule has 5 heteroatoms. The SMILES string of the molecule is CCNC(=NCC1(c2ccc(F)cc2)CCC1)N(C)CC1CCOC1. The van der Waals surface area contributed by atoms with Crippen molar-refractivity contribution in [2.75, 3.05) is 39.9 Å². The Morgan fingerprint density at radius 1 is 1.36 bits per heavy atom. The lowest BCUT2D eigenvalue weighted by molar-refractivity contribution is 0.181. The molecule has 1 atom stereocenters. The Balaban J connectivity index is 1.69. The number of hydrogen-bond donors (Lipinski definition) is 1. The molecule has 0 bridgehead atoms. The summed E-state index contributed by atoms with van der Waals surface area (Å²) in [5.41, 5.74) is 1.29. The second-order valence-electron chi connectivity index (χ2n) is 7.42. The quantitative estimate of drug-likeness (QED) is 0.634. The van der Waals surface area contributed by atoms with Gasteiger partial charge in [0.05, 0.1) is 13.2 Å². The van der Waals surface area contributed by atoms with E-state index in [9.17, 15) is 4.39 Å². The maximum absolute atomic E-state index is 13.3. The zero-order valence-electron chi connectivity index (χ0n) is 15.4. The highest BCUT2D eigenvalue weighted by Crippen LogP contribution is 2.44. The predicted molar refractivity (Wildman–Crippen MR) is 99.5 cm³/mol. The Morgan fingerprint density at radius 3 is 2.68 bits per heavy atom. The van der Waals surface area contributed by atoms with Crippen LogP contribution in [0.3, 0.4) is 0 Å². The van der Waals surface area contributed by atoms with Crippen molar-refractivity contribution in [3.63, 3.8) is 0 Å². The molecule has 1 aromatic carbocycles. The number of rotatable bonds is 6. The second-order valence-corrected chi connectivity index (χ2v) is 7.42. The van der Waals surface area contributed by atoms with Crippen LogP contribution in [-0.2, 0) is 10.2 Å². The number of ether oxygens (including phenoxy) is 1. The van der Waals surface area contributed by atoms with Gasteiger partial charge in [0.15, 0.2) is 5.96 Å². The molecule has 1 heterocycles. The van der Waals surface area contributed by atoms with Crippen molar-refractivity contribution in [1.82, 2.24) is 10.2 Å². The van der Waals surface area contributed by atoms with Crippen molar-refractivity contribution in [3.05, 3.63) is 35.6 Å². The van der Waals surface area contributed by atoms with Gasteiger partial charge < -0.3 is 15.0 Å². The zero-order chi connectivity index (χ0) is 17.7. The third kappa shape index (κ3) is 4.32. The summed E-state index contributed by atoms with van der Waals surface area (Å²) < 4.78 is 18.7. The van der Waals surface area contributed by atoms with Gasteiger partial charge in [-0.1, -0.05) is 18.6 Å². The van der Waals surface area contributed by atoms with E-state index in [1.807, 2.05) is 12.1 Å². The molecule has 25 heavy (non-hydrogen) atoms. The topological polar surface area (TPSA) is 36.9 Å². The van der Waals surface area contributed by atoms with E-state index in [0.29, 0.717) is 5.92 Å². The molecule has 2 fully saturated rings. The zero-order valence-corrected chi connectivity index (χ0v) is 15.4. The molecule has 1 aliphatic carbocycles. The largest absolute Gasteiger partial charge is 0.381 e. The molecular weight excluding hydrogens is 317 g/mol. The first-order valence-corrected chi connectivity index (χ1v) is 9.46. The smallest absolute Gasteiger partial charge is 0.193 e. The minimum atomic E-state index is -0.173. The normalized spacial score (nSPS) is 22.5. The summed E-state index contributed by atoms with van der Waals surface area (Å²) in [6.45, 7) is 6.40. The maximum atomic E-state index is 13.3. The highest BCUT2D eigenvalue weighted by Gasteiger charge is 2.38. The molecule has 138 valence electrons. The van der Waals surface area contributed by atoms with E-state index in [1.54, 1.807) is 12.1 Å². The van der Waals surface area contributed by atoms with E-state index < -0.39 is 0 Å². The standard InChI is InChI=1S/C20H30FN3O/c1-3-22-19(24(2)13-16-9-12-25-14-16)23-15-20(10-4-11-20)17-5-7-18(21)8-6-17/h5-8,16H,3-4,9-15H2,1-2H3,(H,22,23). The fraction of sp³-hybridized carbons (Fsp3) is 0.650. The maximum Gasteiger partial charge on any atom is 0.193 e. The fourth-order valence-corrected chi connectivity index (χ4v) is 3.84. The van der Waals surface area contributed by atoms with E-state index in [2.05, 4.69) is 24.2 Å². The molecular formula is C20H30FN3O. The summed E-state index contributed by atoms with van der Waals surface area (Å²) in [6, 6.07) is 6.99. The molecule has 0 amide bonds. The van der Waals surface area contributed by atoms with E-state index in [0.717, 1.165) is 58.1 Å². The van der Waals surface area contributed by atoms with Gasteiger partial charge in [-0.15, -0.1) is 0 Å². The Hall–Kier alpha value is -1.62. The van der Waals surface area contributed by atoms with Crippen LogP contribution in [0.4, 0.5) is 4.39 Å². The van der Waals surface area contributed by atoms with Crippen molar-refractivity contribution < 1.29 is 9.13 Å². The van der Waals surface area contributed by atoms with Gasteiger partial charge in [0.2, 0.25) is 0 Å². The Bertz CT molecular complexity index is 577. The van der Waals surface area contributed by atoms with E-state index in [-0.39, 0.29) is 11.2 Å². The van der Waals surface area contributed by atoms with Gasteiger partial charge in [0.1, 0.15) is 5.82 Å². The number of nitrogens with zero attached hydrogens (tertiary/aromatic N) is 2. The summed E-state index contributed by atoms with van der Waals surface area (Å²) in [5, 5.41) is 3.41. The summed E-state index contributed by atoms with van der Waals surface area (Å²) >= 11 is 0. The summed E-state index contributed by atoms with van der Waals surface area (Å²) in [4.78, 5) is 7.17. The Kier molecular flexibility index (Phi) is 5.94. The number of halogens is 1. The average Bonchev–Trinajstić information content (AvgIpc) is 3.07. The van der Waals surface area contributed by atoms with Crippen LogP contribution in [0, 0.1) is 11.7 Å². The Labute approximate surface area is 150 Å². The van der Waals surface area contributed by atoms with Crippen molar-refractivity contribution in [2.45, 2.75) is 38.0 Å². The van der Waals surface area contributed by atoms with Crippen LogP contribution in [0.5, 0.6) is 0 Å². The second kappa shape index (κ2) is 8.17. The molecule has 0 radical (unpaired) electrons. The summed E-state index contributed by atoms with van der Waals surface area (Å²) in [6.07, 6.45) is 4.60. The summed E-state index contributed by atoms with van der Waals surface area (Å²) in [5.74, 6) is 1.37. The van der Waals surface area contributed by atoms with E-state index in [4.69, 9.17) is 9.73 Å². The van der Waals surface area contributed by atoms with Gasteiger partial charge in [-0.05, 0) is 43.9 Å². The molecule has 1 N–H and O–H groups in total. The average molecular weight is 347 g/mol. The van der Waals surface area contributed by atoms with Crippen LogP contribution >= 0.6 is 0 Å². The lowest BCUT2D eigenvalue weighted by Crippen LogP contribution is -2.44. The molecule has 4 nitrogen and oxygen atoms in total. The summed E-state index contributed by atoms with van der Waals surface area (Å²) in [7, 11) is 2.10. The van der Waals surface area contributed by atoms with Gasteiger partial charge in [0, 0.05) is 38.1 Å².